The molecule has 0 atom stereocenters. The van der Waals surface area contributed by atoms with Gasteiger partial charge in [0.15, 0.2) is 0 Å². The van der Waals surface area contributed by atoms with E-state index in [1.54, 1.807) is 18.4 Å². The molecule has 4 aromatic rings. The number of hydrogen-bond acceptors (Lipinski definition) is 3. The van der Waals surface area contributed by atoms with Crippen molar-refractivity contribution in [2.24, 2.45) is 0 Å². The smallest absolute Gasteiger partial charge is 0.251 e. The summed E-state index contributed by atoms with van der Waals surface area (Å²) in [4.78, 5) is 13.7. The van der Waals surface area contributed by atoms with Crippen molar-refractivity contribution in [2.75, 3.05) is 20.3 Å². The molecule has 0 spiro atoms. The lowest BCUT2D eigenvalue weighted by molar-refractivity contribution is 0.0937. The highest BCUT2D eigenvalue weighted by Crippen LogP contribution is 2.36. The van der Waals surface area contributed by atoms with E-state index >= 15 is 0 Å². The number of carbonyl (C=O) groups excluding carboxylic acids is 1. The van der Waals surface area contributed by atoms with Crippen LogP contribution in [0.2, 0.25) is 5.02 Å². The molecule has 0 bridgehead atoms. The average molecular weight is 436 g/mol. The van der Waals surface area contributed by atoms with Gasteiger partial charge in [-0.1, -0.05) is 54.1 Å². The van der Waals surface area contributed by atoms with E-state index in [9.17, 15) is 4.79 Å². The molecule has 1 heterocycles. The fourth-order valence-electron chi connectivity index (χ4n) is 3.48. The lowest BCUT2D eigenvalue weighted by atomic mass is 10.0. The van der Waals surface area contributed by atoms with Crippen LogP contribution in [0.3, 0.4) is 0 Å². The Bertz CT molecular complexity index is 1180. The number of carbonyl (C=O) groups is 1. The van der Waals surface area contributed by atoms with Gasteiger partial charge in [0.2, 0.25) is 0 Å². The topological polar surface area (TPSA) is 38.3 Å². The number of hydrogen-bond donors (Lipinski definition) is 1. The van der Waals surface area contributed by atoms with E-state index in [0.29, 0.717) is 18.7 Å². The highest BCUT2D eigenvalue weighted by molar-refractivity contribution is 7.19. The Morgan fingerprint density at radius 2 is 1.87 bits per heavy atom. The van der Waals surface area contributed by atoms with E-state index < -0.39 is 0 Å². The van der Waals surface area contributed by atoms with Crippen LogP contribution in [0, 0.1) is 0 Å². The van der Waals surface area contributed by atoms with E-state index in [1.165, 1.54) is 20.5 Å². The van der Waals surface area contributed by atoms with Gasteiger partial charge in [0, 0.05) is 40.2 Å². The largest absolute Gasteiger partial charge is 0.383 e. The van der Waals surface area contributed by atoms with Crippen molar-refractivity contribution in [2.45, 2.75) is 6.42 Å². The normalized spacial score (nSPS) is 11.0. The van der Waals surface area contributed by atoms with Gasteiger partial charge in [-0.3, -0.25) is 4.79 Å². The van der Waals surface area contributed by atoms with Crippen molar-refractivity contribution < 1.29 is 9.53 Å². The van der Waals surface area contributed by atoms with Crippen molar-refractivity contribution in [3.8, 4) is 11.1 Å². The van der Waals surface area contributed by atoms with Crippen LogP contribution in [0.15, 0.2) is 72.8 Å². The second-order valence-electron chi connectivity index (χ2n) is 7.07. The van der Waals surface area contributed by atoms with Gasteiger partial charge in [0.05, 0.1) is 6.61 Å². The second kappa shape index (κ2) is 9.43. The summed E-state index contributed by atoms with van der Waals surface area (Å²) in [5.74, 6) is -0.0890. The number of fused-ring (bicyclic) bond motifs is 1. The van der Waals surface area contributed by atoms with Crippen LogP contribution in [0.1, 0.15) is 20.8 Å². The van der Waals surface area contributed by atoms with Crippen LogP contribution < -0.4 is 5.32 Å². The zero-order chi connectivity index (χ0) is 20.9. The van der Waals surface area contributed by atoms with Crippen LogP contribution in [0.4, 0.5) is 0 Å². The van der Waals surface area contributed by atoms with Gasteiger partial charge < -0.3 is 10.1 Å². The minimum absolute atomic E-state index is 0.0890. The fourth-order valence-corrected chi connectivity index (χ4v) is 4.92. The Kier molecular flexibility index (Phi) is 6.48. The molecule has 1 amide bonds. The maximum absolute atomic E-state index is 12.4. The zero-order valence-electron chi connectivity index (χ0n) is 16.7. The number of amides is 1. The van der Waals surface area contributed by atoms with Crippen molar-refractivity contribution >= 4 is 38.9 Å². The van der Waals surface area contributed by atoms with Gasteiger partial charge in [-0.05, 0) is 52.4 Å². The summed E-state index contributed by atoms with van der Waals surface area (Å²) in [7, 11) is 1.62. The molecule has 0 saturated heterocycles. The van der Waals surface area contributed by atoms with Crippen LogP contribution in [-0.2, 0) is 11.2 Å². The molecule has 5 heteroatoms. The Balaban J connectivity index is 1.64. The third-order valence-corrected chi connectivity index (χ3v) is 6.31. The molecule has 3 aromatic carbocycles. The molecule has 4 rings (SSSR count). The summed E-state index contributed by atoms with van der Waals surface area (Å²) in [6, 6.07) is 24.3. The molecule has 0 aliphatic carbocycles. The van der Waals surface area contributed by atoms with Crippen LogP contribution in [0.25, 0.3) is 21.2 Å². The first-order chi connectivity index (χ1) is 14.6. The Morgan fingerprint density at radius 3 is 2.70 bits per heavy atom. The van der Waals surface area contributed by atoms with E-state index in [0.717, 1.165) is 22.6 Å². The maximum atomic E-state index is 12.4. The highest BCUT2D eigenvalue weighted by Gasteiger charge is 2.11. The predicted octanol–water partition coefficient (Wildman–Crippen LogP) is 6.19. The lowest BCUT2D eigenvalue weighted by Gasteiger charge is -2.08. The average Bonchev–Trinajstić information content (AvgIpc) is 3.16. The van der Waals surface area contributed by atoms with Gasteiger partial charge in [-0.2, -0.15) is 0 Å². The SMILES string of the molecule is COCCNC(=O)c1cccc(-c2cccc3cc(Cc4cccc(Cl)c4)sc23)c1. The van der Waals surface area contributed by atoms with E-state index in [4.69, 9.17) is 16.3 Å². The van der Waals surface area contributed by atoms with Gasteiger partial charge in [0.25, 0.3) is 5.91 Å². The monoisotopic (exact) mass is 435 g/mol. The van der Waals surface area contributed by atoms with Gasteiger partial charge in [0.1, 0.15) is 0 Å². The second-order valence-corrected chi connectivity index (χ2v) is 8.65. The number of thiophene rings is 1. The summed E-state index contributed by atoms with van der Waals surface area (Å²) in [5.41, 5.74) is 4.03. The third kappa shape index (κ3) is 4.73. The first-order valence-corrected chi connectivity index (χ1v) is 11.0. The summed E-state index contributed by atoms with van der Waals surface area (Å²) in [6.07, 6.45) is 0.849. The predicted molar refractivity (Wildman–Crippen MR) is 126 cm³/mol. The molecule has 3 nitrogen and oxygen atoms in total. The van der Waals surface area contributed by atoms with Crippen molar-refractivity contribution in [1.29, 1.82) is 0 Å². The molecule has 0 aliphatic heterocycles. The third-order valence-electron chi connectivity index (χ3n) is 4.89. The molecule has 30 heavy (non-hydrogen) atoms. The fraction of sp³-hybridized carbons (Fsp3) is 0.160. The minimum atomic E-state index is -0.0890. The number of rotatable bonds is 7. The number of ether oxygens (including phenoxy) is 1. The zero-order valence-corrected chi connectivity index (χ0v) is 18.2. The summed E-state index contributed by atoms with van der Waals surface area (Å²) in [6.45, 7) is 0.988. The van der Waals surface area contributed by atoms with Crippen LogP contribution in [0.5, 0.6) is 0 Å². The van der Waals surface area contributed by atoms with Crippen LogP contribution >= 0.6 is 22.9 Å². The molecular formula is C25H22ClNO2S. The number of halogens is 1. The van der Waals surface area contributed by atoms with Gasteiger partial charge in [-0.25, -0.2) is 0 Å². The maximum Gasteiger partial charge on any atom is 0.251 e. The van der Waals surface area contributed by atoms with E-state index in [2.05, 4.69) is 41.7 Å². The van der Waals surface area contributed by atoms with E-state index in [1.807, 2.05) is 36.4 Å². The molecule has 1 N–H and O–H groups in total. The van der Waals surface area contributed by atoms with Crippen LogP contribution in [-0.4, -0.2) is 26.2 Å². The Hall–Kier alpha value is -2.66. The minimum Gasteiger partial charge on any atom is -0.383 e. The Morgan fingerprint density at radius 1 is 1.03 bits per heavy atom. The van der Waals surface area contributed by atoms with Crippen molar-refractivity contribution in [3.63, 3.8) is 0 Å². The Labute approximate surface area is 185 Å². The highest BCUT2D eigenvalue weighted by atomic mass is 35.5. The molecule has 0 unspecified atom stereocenters. The van der Waals surface area contributed by atoms with Crippen molar-refractivity contribution in [1.82, 2.24) is 5.32 Å². The summed E-state index contributed by atoms with van der Waals surface area (Å²) < 4.78 is 6.23. The number of nitrogens with one attached hydrogen (secondary N) is 1. The quantitative estimate of drug-likeness (QED) is 0.351. The number of methoxy groups -OCH3 is 1. The molecule has 0 fully saturated rings. The summed E-state index contributed by atoms with van der Waals surface area (Å²) >= 11 is 7.93. The first kappa shape index (κ1) is 20.6. The standard InChI is InChI=1S/C25H22ClNO2S/c1-29-12-11-27-25(28)20-8-3-6-18(15-20)23-10-4-7-19-16-22(30-24(19)23)14-17-5-2-9-21(26)13-17/h2-10,13,15-16H,11-12,14H2,1H3,(H,27,28). The first-order valence-electron chi connectivity index (χ1n) is 9.77. The summed E-state index contributed by atoms with van der Waals surface area (Å²) in [5, 5.41) is 4.85. The van der Waals surface area contributed by atoms with Crippen molar-refractivity contribution in [3.05, 3.63) is 93.8 Å². The molecule has 0 saturated carbocycles. The molecule has 0 aliphatic rings. The molecule has 152 valence electrons. The molecule has 1 aromatic heterocycles. The van der Waals surface area contributed by atoms with E-state index in [-0.39, 0.29) is 5.91 Å². The van der Waals surface area contributed by atoms with Gasteiger partial charge in [-0.15, -0.1) is 11.3 Å². The molecular weight excluding hydrogens is 414 g/mol. The van der Waals surface area contributed by atoms with Gasteiger partial charge >= 0.3 is 0 Å². The lowest BCUT2D eigenvalue weighted by Crippen LogP contribution is -2.26. The number of benzene rings is 3. The molecule has 0 radical (unpaired) electrons.